The largest absolute Gasteiger partial charge is 0.312 e. The molecule has 0 spiro atoms. The minimum absolute atomic E-state index is 0.122. The smallest absolute Gasteiger partial charge is 0.194 e. The van der Waals surface area contributed by atoms with E-state index in [0.717, 1.165) is 40.7 Å². The van der Waals surface area contributed by atoms with Gasteiger partial charge >= 0.3 is 0 Å². The maximum atomic E-state index is 12.8. The van der Waals surface area contributed by atoms with Gasteiger partial charge in [-0.25, -0.2) is 0 Å². The lowest BCUT2D eigenvalue weighted by atomic mass is 9.95. The van der Waals surface area contributed by atoms with Crippen molar-refractivity contribution in [3.05, 3.63) is 70.1 Å². The molecule has 0 bridgehead atoms. The fourth-order valence-corrected chi connectivity index (χ4v) is 3.86. The first-order valence-electron chi connectivity index (χ1n) is 7.16. The summed E-state index contributed by atoms with van der Waals surface area (Å²) in [4.78, 5) is 12.8. The average Bonchev–Trinajstić information content (AvgIpc) is 3.02. The van der Waals surface area contributed by atoms with Gasteiger partial charge in [-0.05, 0) is 53.1 Å². The zero-order valence-corrected chi connectivity index (χ0v) is 12.4. The number of benzene rings is 2. The Morgan fingerprint density at radius 1 is 1.10 bits per heavy atom. The van der Waals surface area contributed by atoms with Crippen molar-refractivity contribution in [3.63, 3.8) is 0 Å². The van der Waals surface area contributed by atoms with E-state index in [1.807, 2.05) is 23.6 Å². The normalized spacial score (nSPS) is 14.1. The molecule has 3 heteroatoms. The van der Waals surface area contributed by atoms with E-state index < -0.39 is 0 Å². The van der Waals surface area contributed by atoms with Crippen LogP contribution in [0.3, 0.4) is 0 Å². The number of rotatable bonds is 2. The third-order valence-corrected chi connectivity index (χ3v) is 5.04. The van der Waals surface area contributed by atoms with Crippen LogP contribution in [0, 0.1) is 0 Å². The molecule has 4 rings (SSSR count). The summed E-state index contributed by atoms with van der Waals surface area (Å²) in [5.41, 5.74) is 4.22. The van der Waals surface area contributed by atoms with Gasteiger partial charge in [-0.15, -0.1) is 11.3 Å². The molecule has 0 unspecified atom stereocenters. The van der Waals surface area contributed by atoms with E-state index in [2.05, 4.69) is 29.6 Å². The van der Waals surface area contributed by atoms with Gasteiger partial charge in [-0.3, -0.25) is 4.79 Å². The van der Waals surface area contributed by atoms with Crippen LogP contribution in [0.5, 0.6) is 0 Å². The summed E-state index contributed by atoms with van der Waals surface area (Å²) in [6.45, 7) is 1.88. The lowest BCUT2D eigenvalue weighted by molar-refractivity contribution is 0.104. The molecule has 21 heavy (non-hydrogen) atoms. The van der Waals surface area contributed by atoms with E-state index in [1.165, 1.54) is 11.1 Å². The third-order valence-electron chi connectivity index (χ3n) is 4.08. The maximum absolute atomic E-state index is 12.8. The number of carbonyl (C=O) groups is 1. The van der Waals surface area contributed by atoms with Crippen molar-refractivity contribution >= 4 is 27.2 Å². The number of nitrogens with one attached hydrogen (secondary N) is 1. The number of thiophene rings is 1. The van der Waals surface area contributed by atoms with Gasteiger partial charge in [0, 0.05) is 22.4 Å². The highest BCUT2D eigenvalue weighted by Crippen LogP contribution is 2.27. The molecule has 104 valence electrons. The first-order chi connectivity index (χ1) is 10.3. The van der Waals surface area contributed by atoms with Gasteiger partial charge in [0.15, 0.2) is 5.78 Å². The molecule has 0 saturated heterocycles. The van der Waals surface area contributed by atoms with Gasteiger partial charge in [-0.1, -0.05) is 24.3 Å². The monoisotopic (exact) mass is 293 g/mol. The van der Waals surface area contributed by atoms with Crippen molar-refractivity contribution < 1.29 is 4.79 Å². The second kappa shape index (κ2) is 5.10. The Hall–Kier alpha value is -1.97. The van der Waals surface area contributed by atoms with E-state index in [-0.39, 0.29) is 5.78 Å². The van der Waals surface area contributed by atoms with Gasteiger partial charge in [0.1, 0.15) is 0 Å². The van der Waals surface area contributed by atoms with Gasteiger partial charge in [0.05, 0.1) is 0 Å². The minimum Gasteiger partial charge on any atom is -0.312 e. The topological polar surface area (TPSA) is 29.1 Å². The van der Waals surface area contributed by atoms with Crippen LogP contribution < -0.4 is 5.32 Å². The Balaban J connectivity index is 1.79. The van der Waals surface area contributed by atoms with Crippen LogP contribution >= 0.6 is 11.3 Å². The highest BCUT2D eigenvalue weighted by atomic mass is 32.1. The molecule has 0 atom stereocenters. The number of hydrogen-bond donors (Lipinski definition) is 1. The number of hydrogen-bond acceptors (Lipinski definition) is 3. The maximum Gasteiger partial charge on any atom is 0.194 e. The van der Waals surface area contributed by atoms with Crippen molar-refractivity contribution in [2.45, 2.75) is 13.0 Å². The molecule has 2 nitrogen and oxygen atoms in total. The molecule has 0 amide bonds. The van der Waals surface area contributed by atoms with Crippen LogP contribution in [-0.2, 0) is 13.0 Å². The Morgan fingerprint density at radius 2 is 2.05 bits per heavy atom. The predicted octanol–water partition coefficient (Wildman–Crippen LogP) is 3.78. The van der Waals surface area contributed by atoms with Crippen molar-refractivity contribution in [2.24, 2.45) is 0 Å². The zero-order valence-electron chi connectivity index (χ0n) is 11.6. The Labute approximate surface area is 127 Å². The van der Waals surface area contributed by atoms with Crippen LogP contribution in [0.1, 0.15) is 27.0 Å². The SMILES string of the molecule is O=C(c1ccc2c(c1)CNCC2)c1cccc2ccsc12. The van der Waals surface area contributed by atoms with Crippen molar-refractivity contribution in [1.29, 1.82) is 0 Å². The average molecular weight is 293 g/mol. The third kappa shape index (κ3) is 2.19. The Kier molecular flexibility index (Phi) is 3.09. The summed E-state index contributed by atoms with van der Waals surface area (Å²) < 4.78 is 1.08. The van der Waals surface area contributed by atoms with Crippen LogP contribution in [0.4, 0.5) is 0 Å². The molecule has 2 aromatic carbocycles. The minimum atomic E-state index is 0.122. The summed E-state index contributed by atoms with van der Waals surface area (Å²) in [5, 5.41) is 6.55. The van der Waals surface area contributed by atoms with Gasteiger partial charge in [-0.2, -0.15) is 0 Å². The van der Waals surface area contributed by atoms with Crippen molar-refractivity contribution in [2.75, 3.05) is 6.54 Å². The molecule has 3 aromatic rings. The standard InChI is InChI=1S/C18H15NOS/c20-17(16-3-1-2-13-7-9-21-18(13)16)14-5-4-12-6-8-19-11-15(12)10-14/h1-5,7,9-10,19H,6,8,11H2. The van der Waals surface area contributed by atoms with Crippen LogP contribution in [-0.4, -0.2) is 12.3 Å². The molecule has 1 aliphatic rings. The summed E-state index contributed by atoms with van der Waals surface area (Å²) in [7, 11) is 0. The summed E-state index contributed by atoms with van der Waals surface area (Å²) >= 11 is 1.63. The molecule has 0 fully saturated rings. The fourth-order valence-electron chi connectivity index (χ4n) is 2.95. The second-order valence-electron chi connectivity index (χ2n) is 5.38. The highest BCUT2D eigenvalue weighted by molar-refractivity contribution is 7.17. The van der Waals surface area contributed by atoms with Crippen molar-refractivity contribution in [1.82, 2.24) is 5.32 Å². The predicted molar refractivity (Wildman–Crippen MR) is 87.1 cm³/mol. The molecule has 0 radical (unpaired) electrons. The first kappa shape index (κ1) is 12.7. The van der Waals surface area contributed by atoms with E-state index in [1.54, 1.807) is 11.3 Å². The van der Waals surface area contributed by atoms with Crippen LogP contribution in [0.25, 0.3) is 10.1 Å². The summed E-state index contributed by atoms with van der Waals surface area (Å²) in [6, 6.07) is 14.1. The number of fused-ring (bicyclic) bond motifs is 2. The van der Waals surface area contributed by atoms with Crippen LogP contribution in [0.2, 0.25) is 0 Å². The summed E-state index contributed by atoms with van der Waals surface area (Å²) in [5.74, 6) is 0.122. The number of ketones is 1. The Bertz CT molecular complexity index is 834. The molecular formula is C18H15NOS. The van der Waals surface area contributed by atoms with Gasteiger partial charge in [0.25, 0.3) is 0 Å². The van der Waals surface area contributed by atoms with Crippen LogP contribution in [0.15, 0.2) is 47.8 Å². The summed E-state index contributed by atoms with van der Waals surface area (Å²) in [6.07, 6.45) is 1.05. The van der Waals surface area contributed by atoms with E-state index >= 15 is 0 Å². The molecule has 0 saturated carbocycles. The molecule has 0 aliphatic carbocycles. The van der Waals surface area contributed by atoms with E-state index in [4.69, 9.17) is 0 Å². The fraction of sp³-hybridized carbons (Fsp3) is 0.167. The van der Waals surface area contributed by atoms with Crippen molar-refractivity contribution in [3.8, 4) is 0 Å². The highest BCUT2D eigenvalue weighted by Gasteiger charge is 2.16. The molecule has 1 N–H and O–H groups in total. The Morgan fingerprint density at radius 3 is 3.00 bits per heavy atom. The molecular weight excluding hydrogens is 278 g/mol. The molecule has 2 heterocycles. The lowest BCUT2D eigenvalue weighted by Crippen LogP contribution is -2.23. The first-order valence-corrected chi connectivity index (χ1v) is 8.04. The quantitative estimate of drug-likeness (QED) is 0.729. The molecule has 1 aromatic heterocycles. The number of carbonyl (C=O) groups excluding carboxylic acids is 1. The van der Waals surface area contributed by atoms with E-state index in [0.29, 0.717) is 0 Å². The van der Waals surface area contributed by atoms with Gasteiger partial charge in [0.2, 0.25) is 0 Å². The van der Waals surface area contributed by atoms with E-state index in [9.17, 15) is 4.79 Å². The zero-order chi connectivity index (χ0) is 14.2. The lowest BCUT2D eigenvalue weighted by Gasteiger charge is -2.17. The second-order valence-corrected chi connectivity index (χ2v) is 6.30. The van der Waals surface area contributed by atoms with Gasteiger partial charge < -0.3 is 5.32 Å². The molecule has 1 aliphatic heterocycles.